The zero-order chi connectivity index (χ0) is 16.8. The van der Waals surface area contributed by atoms with Gasteiger partial charge >= 0.3 is 11.9 Å². The molecule has 4 N–H and O–H groups in total. The van der Waals surface area contributed by atoms with E-state index in [0.29, 0.717) is 25.7 Å². The molecule has 0 bridgehead atoms. The van der Waals surface area contributed by atoms with E-state index in [1.165, 1.54) is 0 Å². The normalized spacial score (nSPS) is 12.1. The Hall–Kier alpha value is -1.40. The molecule has 0 saturated heterocycles. The van der Waals surface area contributed by atoms with Gasteiger partial charge in [0.1, 0.15) is 0 Å². The summed E-state index contributed by atoms with van der Waals surface area (Å²) in [5.41, 5.74) is -0.00249. The Labute approximate surface area is 131 Å². The number of aliphatic hydroxyl groups is 2. The Kier molecular flexibility index (Phi) is 12.4. The second kappa shape index (κ2) is 13.3. The molecule has 128 valence electrons. The SMILES string of the molecule is O=C(O)/C(CCCCCCO)=C(\CCCCCCO)C(=O)O. The third-order valence-electron chi connectivity index (χ3n) is 3.55. The Morgan fingerprint density at radius 3 is 1.14 bits per heavy atom. The van der Waals surface area contributed by atoms with Crippen LogP contribution in [0.4, 0.5) is 0 Å². The van der Waals surface area contributed by atoms with Crippen molar-refractivity contribution in [2.75, 3.05) is 13.2 Å². The van der Waals surface area contributed by atoms with Gasteiger partial charge in [0.2, 0.25) is 0 Å². The molecule has 0 aromatic rings. The highest BCUT2D eigenvalue weighted by atomic mass is 16.4. The summed E-state index contributed by atoms with van der Waals surface area (Å²) >= 11 is 0. The maximum absolute atomic E-state index is 11.3. The Morgan fingerprint density at radius 2 is 0.864 bits per heavy atom. The van der Waals surface area contributed by atoms with Crippen LogP contribution < -0.4 is 0 Å². The third-order valence-corrected chi connectivity index (χ3v) is 3.55. The summed E-state index contributed by atoms with van der Waals surface area (Å²) in [4.78, 5) is 22.6. The van der Waals surface area contributed by atoms with E-state index < -0.39 is 11.9 Å². The summed E-state index contributed by atoms with van der Waals surface area (Å²) in [6.07, 6.45) is 6.27. The second-order valence-corrected chi connectivity index (χ2v) is 5.34. The van der Waals surface area contributed by atoms with E-state index in [1.54, 1.807) is 0 Å². The zero-order valence-corrected chi connectivity index (χ0v) is 13.1. The van der Waals surface area contributed by atoms with Crippen LogP contribution in [0.5, 0.6) is 0 Å². The largest absolute Gasteiger partial charge is 0.478 e. The Bertz CT molecular complexity index is 328. The smallest absolute Gasteiger partial charge is 0.332 e. The fourth-order valence-corrected chi connectivity index (χ4v) is 2.31. The molecule has 0 aliphatic heterocycles. The van der Waals surface area contributed by atoms with E-state index in [2.05, 4.69) is 0 Å². The van der Waals surface area contributed by atoms with Gasteiger partial charge < -0.3 is 20.4 Å². The van der Waals surface area contributed by atoms with Crippen LogP contribution in [0.2, 0.25) is 0 Å². The number of carboxylic acids is 2. The van der Waals surface area contributed by atoms with Crippen molar-refractivity contribution in [1.29, 1.82) is 0 Å². The summed E-state index contributed by atoms with van der Waals surface area (Å²) in [5, 5.41) is 35.9. The van der Waals surface area contributed by atoms with Crippen molar-refractivity contribution < 1.29 is 30.0 Å². The quantitative estimate of drug-likeness (QED) is 0.289. The van der Waals surface area contributed by atoms with E-state index in [4.69, 9.17) is 10.2 Å². The molecule has 0 atom stereocenters. The van der Waals surface area contributed by atoms with Crippen LogP contribution >= 0.6 is 0 Å². The Balaban J connectivity index is 4.55. The molecule has 0 rings (SSSR count). The molecule has 6 heteroatoms. The molecule has 0 amide bonds. The molecule has 0 unspecified atom stereocenters. The van der Waals surface area contributed by atoms with Gasteiger partial charge in [-0.3, -0.25) is 0 Å². The van der Waals surface area contributed by atoms with Crippen LogP contribution in [0.25, 0.3) is 0 Å². The van der Waals surface area contributed by atoms with Crippen molar-refractivity contribution in [1.82, 2.24) is 0 Å². The first-order valence-corrected chi connectivity index (χ1v) is 7.95. The van der Waals surface area contributed by atoms with Crippen LogP contribution in [-0.4, -0.2) is 45.6 Å². The lowest BCUT2D eigenvalue weighted by atomic mass is 9.96. The van der Waals surface area contributed by atoms with Gasteiger partial charge in [-0.2, -0.15) is 0 Å². The van der Waals surface area contributed by atoms with Gasteiger partial charge in [-0.25, -0.2) is 9.59 Å². The molecule has 6 nitrogen and oxygen atoms in total. The molecular formula is C16H28O6. The van der Waals surface area contributed by atoms with Crippen LogP contribution in [0.3, 0.4) is 0 Å². The molecule has 22 heavy (non-hydrogen) atoms. The van der Waals surface area contributed by atoms with Crippen molar-refractivity contribution in [3.63, 3.8) is 0 Å². The third kappa shape index (κ3) is 9.52. The predicted octanol–water partition coefficient (Wildman–Crippen LogP) is 2.34. The summed E-state index contributed by atoms with van der Waals surface area (Å²) in [5.74, 6) is -2.31. The minimum Gasteiger partial charge on any atom is -0.478 e. The minimum absolute atomic E-state index is 0.00124. The monoisotopic (exact) mass is 316 g/mol. The van der Waals surface area contributed by atoms with Gasteiger partial charge in [0.05, 0.1) is 0 Å². The van der Waals surface area contributed by atoms with Crippen molar-refractivity contribution >= 4 is 11.9 Å². The van der Waals surface area contributed by atoms with E-state index in [-0.39, 0.29) is 37.2 Å². The van der Waals surface area contributed by atoms with Gasteiger partial charge in [-0.1, -0.05) is 25.7 Å². The maximum atomic E-state index is 11.3. The molecule has 0 aromatic carbocycles. The highest BCUT2D eigenvalue weighted by Crippen LogP contribution is 2.20. The van der Waals surface area contributed by atoms with Gasteiger partial charge in [0.25, 0.3) is 0 Å². The predicted molar refractivity (Wildman–Crippen MR) is 82.6 cm³/mol. The molecule has 0 fully saturated rings. The number of hydrogen-bond acceptors (Lipinski definition) is 4. The van der Waals surface area contributed by atoms with Crippen molar-refractivity contribution in [3.05, 3.63) is 11.1 Å². The van der Waals surface area contributed by atoms with Crippen LogP contribution in [0.1, 0.15) is 64.2 Å². The van der Waals surface area contributed by atoms with Crippen molar-refractivity contribution in [3.8, 4) is 0 Å². The average molecular weight is 316 g/mol. The topological polar surface area (TPSA) is 115 Å². The first kappa shape index (κ1) is 20.6. The molecule has 0 heterocycles. The number of carbonyl (C=O) groups is 2. The highest BCUT2D eigenvalue weighted by Gasteiger charge is 2.19. The number of aliphatic hydroxyl groups excluding tert-OH is 2. The standard InChI is InChI=1S/C16H28O6/c17-11-7-3-1-5-9-13(15(19)20)14(16(21)22)10-6-2-4-8-12-18/h17-18H,1-12H2,(H,19,20)(H,21,22)/b14-13+. The fourth-order valence-electron chi connectivity index (χ4n) is 2.31. The van der Waals surface area contributed by atoms with Gasteiger partial charge in [0, 0.05) is 24.4 Å². The molecule has 0 radical (unpaired) electrons. The molecule has 0 aliphatic rings. The number of hydrogen-bond donors (Lipinski definition) is 4. The van der Waals surface area contributed by atoms with E-state index in [0.717, 1.165) is 25.7 Å². The van der Waals surface area contributed by atoms with E-state index >= 15 is 0 Å². The lowest BCUT2D eigenvalue weighted by Crippen LogP contribution is -2.12. The summed E-state index contributed by atoms with van der Waals surface area (Å²) < 4.78 is 0. The molecule has 0 aromatic heterocycles. The van der Waals surface area contributed by atoms with Gasteiger partial charge in [0.15, 0.2) is 0 Å². The first-order valence-electron chi connectivity index (χ1n) is 7.95. The van der Waals surface area contributed by atoms with Crippen LogP contribution in [0.15, 0.2) is 11.1 Å². The summed E-state index contributed by atoms with van der Waals surface area (Å²) in [7, 11) is 0. The van der Waals surface area contributed by atoms with E-state index in [9.17, 15) is 19.8 Å². The maximum Gasteiger partial charge on any atom is 0.332 e. The van der Waals surface area contributed by atoms with Crippen molar-refractivity contribution in [2.45, 2.75) is 64.2 Å². The van der Waals surface area contributed by atoms with Crippen LogP contribution in [-0.2, 0) is 9.59 Å². The summed E-state index contributed by atoms with van der Waals surface area (Å²) in [6.45, 7) is 0.242. The molecule has 0 aliphatic carbocycles. The Morgan fingerprint density at radius 1 is 0.545 bits per heavy atom. The lowest BCUT2D eigenvalue weighted by Gasteiger charge is -2.09. The van der Waals surface area contributed by atoms with Crippen LogP contribution in [0, 0.1) is 0 Å². The van der Waals surface area contributed by atoms with Crippen molar-refractivity contribution in [2.24, 2.45) is 0 Å². The number of unbranched alkanes of at least 4 members (excludes halogenated alkanes) is 6. The number of aliphatic carboxylic acids is 2. The highest BCUT2D eigenvalue weighted by molar-refractivity contribution is 5.98. The lowest BCUT2D eigenvalue weighted by molar-refractivity contribution is -0.136. The first-order chi connectivity index (χ1) is 10.5. The zero-order valence-electron chi connectivity index (χ0n) is 13.1. The number of carboxylic acid groups (broad SMARTS) is 2. The van der Waals surface area contributed by atoms with E-state index in [1.807, 2.05) is 0 Å². The molecular weight excluding hydrogens is 288 g/mol. The molecule has 0 saturated carbocycles. The molecule has 0 spiro atoms. The second-order valence-electron chi connectivity index (χ2n) is 5.34. The summed E-state index contributed by atoms with van der Waals surface area (Å²) in [6, 6.07) is 0. The average Bonchev–Trinajstić information content (AvgIpc) is 2.47. The van der Waals surface area contributed by atoms with Gasteiger partial charge in [-0.05, 0) is 38.5 Å². The number of rotatable bonds is 14. The van der Waals surface area contributed by atoms with Gasteiger partial charge in [-0.15, -0.1) is 0 Å². The minimum atomic E-state index is -1.16. The fraction of sp³-hybridized carbons (Fsp3) is 0.750.